The number of hydrogen-bond donors (Lipinski definition) is 1. The van der Waals surface area contributed by atoms with Crippen LogP contribution >= 0.6 is 0 Å². The summed E-state index contributed by atoms with van der Waals surface area (Å²) in [6.07, 6.45) is 0. The largest absolute Gasteiger partial charge is 0.476 e. The highest BCUT2D eigenvalue weighted by Crippen LogP contribution is 2.17. The predicted octanol–water partition coefficient (Wildman–Crippen LogP) is 2.59. The number of aromatic carboxylic acids is 1. The molecule has 5 heteroatoms. The van der Waals surface area contributed by atoms with Crippen LogP contribution in [0.25, 0.3) is 0 Å². The number of aromatic nitrogens is 2. The lowest BCUT2D eigenvalue weighted by Crippen LogP contribution is -2.31. The molecule has 1 N–H and O–H groups in total. The van der Waals surface area contributed by atoms with Crippen LogP contribution in [0.3, 0.4) is 0 Å². The standard InChI is InChI=1S/C15H17N3O2/c1-11(2)18(10-12-6-4-3-5-7-12)14-9-8-13(15(19)20)16-17-14/h3-9,11H,10H2,1-2H3,(H,19,20). The molecule has 1 aromatic carbocycles. The van der Waals surface area contributed by atoms with Crippen molar-refractivity contribution in [2.75, 3.05) is 4.90 Å². The molecule has 0 spiro atoms. The van der Waals surface area contributed by atoms with Gasteiger partial charge in [-0.25, -0.2) is 4.79 Å². The van der Waals surface area contributed by atoms with Gasteiger partial charge in [-0.3, -0.25) is 0 Å². The van der Waals surface area contributed by atoms with Gasteiger partial charge < -0.3 is 10.0 Å². The Balaban J connectivity index is 2.22. The van der Waals surface area contributed by atoms with E-state index < -0.39 is 5.97 Å². The van der Waals surface area contributed by atoms with Crippen molar-refractivity contribution in [1.29, 1.82) is 0 Å². The zero-order chi connectivity index (χ0) is 14.5. The smallest absolute Gasteiger partial charge is 0.356 e. The molecule has 5 nitrogen and oxygen atoms in total. The van der Waals surface area contributed by atoms with E-state index in [1.54, 1.807) is 6.07 Å². The van der Waals surface area contributed by atoms with Gasteiger partial charge in [0, 0.05) is 12.6 Å². The highest BCUT2D eigenvalue weighted by Gasteiger charge is 2.14. The summed E-state index contributed by atoms with van der Waals surface area (Å²) < 4.78 is 0. The lowest BCUT2D eigenvalue weighted by molar-refractivity contribution is 0.0689. The molecule has 0 aliphatic carbocycles. The van der Waals surface area contributed by atoms with Crippen molar-refractivity contribution in [2.24, 2.45) is 0 Å². The Kier molecular flexibility index (Phi) is 4.30. The number of carboxylic acid groups (broad SMARTS) is 1. The molecule has 2 aromatic rings. The van der Waals surface area contributed by atoms with Gasteiger partial charge in [-0.15, -0.1) is 10.2 Å². The van der Waals surface area contributed by atoms with Crippen molar-refractivity contribution < 1.29 is 9.90 Å². The van der Waals surface area contributed by atoms with Crippen LogP contribution in [0.15, 0.2) is 42.5 Å². The molecule has 0 amide bonds. The summed E-state index contributed by atoms with van der Waals surface area (Å²) in [5.41, 5.74) is 1.13. The summed E-state index contributed by atoms with van der Waals surface area (Å²) in [6, 6.07) is 13.5. The Labute approximate surface area is 117 Å². The predicted molar refractivity (Wildman–Crippen MR) is 76.8 cm³/mol. The summed E-state index contributed by atoms with van der Waals surface area (Å²) in [6.45, 7) is 4.84. The maximum atomic E-state index is 10.8. The van der Waals surface area contributed by atoms with Crippen molar-refractivity contribution in [1.82, 2.24) is 10.2 Å². The van der Waals surface area contributed by atoms with Crippen molar-refractivity contribution >= 4 is 11.8 Å². The molecule has 104 valence electrons. The van der Waals surface area contributed by atoms with Gasteiger partial charge in [0.05, 0.1) is 0 Å². The maximum absolute atomic E-state index is 10.8. The normalized spacial score (nSPS) is 10.6. The fraction of sp³-hybridized carbons (Fsp3) is 0.267. The zero-order valence-corrected chi connectivity index (χ0v) is 11.5. The zero-order valence-electron chi connectivity index (χ0n) is 11.5. The molecule has 0 saturated carbocycles. The average Bonchev–Trinajstić information content (AvgIpc) is 2.45. The molecule has 1 aromatic heterocycles. The fourth-order valence-electron chi connectivity index (χ4n) is 1.90. The van der Waals surface area contributed by atoms with Crippen molar-refractivity contribution in [3.05, 3.63) is 53.7 Å². The first-order valence-corrected chi connectivity index (χ1v) is 6.45. The van der Waals surface area contributed by atoms with Gasteiger partial charge >= 0.3 is 5.97 Å². The second-order valence-electron chi connectivity index (χ2n) is 4.79. The molecule has 0 saturated heterocycles. The van der Waals surface area contributed by atoms with Crippen LogP contribution < -0.4 is 4.90 Å². The van der Waals surface area contributed by atoms with E-state index in [-0.39, 0.29) is 11.7 Å². The highest BCUT2D eigenvalue weighted by atomic mass is 16.4. The molecular weight excluding hydrogens is 254 g/mol. The SMILES string of the molecule is CC(C)N(Cc1ccccc1)c1ccc(C(=O)O)nn1. The topological polar surface area (TPSA) is 66.3 Å². The number of hydrogen-bond acceptors (Lipinski definition) is 4. The fourth-order valence-corrected chi connectivity index (χ4v) is 1.90. The molecule has 0 atom stereocenters. The van der Waals surface area contributed by atoms with Crippen LogP contribution in [0.4, 0.5) is 5.82 Å². The molecular formula is C15H17N3O2. The summed E-state index contributed by atoms with van der Waals surface area (Å²) in [4.78, 5) is 12.9. The Morgan fingerprint density at radius 2 is 1.85 bits per heavy atom. The van der Waals surface area contributed by atoms with Gasteiger partial charge in [-0.1, -0.05) is 30.3 Å². The average molecular weight is 271 g/mol. The summed E-state index contributed by atoms with van der Waals surface area (Å²) in [7, 11) is 0. The highest BCUT2D eigenvalue weighted by molar-refractivity contribution is 5.85. The van der Waals surface area contributed by atoms with Gasteiger partial charge in [-0.2, -0.15) is 0 Å². The molecule has 0 bridgehead atoms. The number of carbonyl (C=O) groups is 1. The van der Waals surface area contributed by atoms with Gasteiger partial charge in [-0.05, 0) is 31.5 Å². The minimum absolute atomic E-state index is 0.0443. The van der Waals surface area contributed by atoms with Gasteiger partial charge in [0.1, 0.15) is 0 Å². The first-order chi connectivity index (χ1) is 9.58. The molecule has 0 radical (unpaired) electrons. The molecule has 0 aliphatic heterocycles. The molecule has 0 unspecified atom stereocenters. The van der Waals surface area contributed by atoms with Gasteiger partial charge in [0.2, 0.25) is 0 Å². The Bertz CT molecular complexity index is 567. The minimum Gasteiger partial charge on any atom is -0.476 e. The third-order valence-corrected chi connectivity index (χ3v) is 2.98. The monoisotopic (exact) mass is 271 g/mol. The Hall–Kier alpha value is -2.43. The first-order valence-electron chi connectivity index (χ1n) is 6.45. The summed E-state index contributed by atoms with van der Waals surface area (Å²) >= 11 is 0. The van der Waals surface area contributed by atoms with Crippen molar-refractivity contribution in [3.63, 3.8) is 0 Å². The number of benzene rings is 1. The van der Waals surface area contributed by atoms with Gasteiger partial charge in [0.15, 0.2) is 11.5 Å². The van der Waals surface area contributed by atoms with Crippen LogP contribution in [0.2, 0.25) is 0 Å². The molecule has 0 fully saturated rings. The van der Waals surface area contributed by atoms with Crippen LogP contribution in [0.5, 0.6) is 0 Å². The molecule has 1 heterocycles. The van der Waals surface area contributed by atoms with E-state index >= 15 is 0 Å². The van der Waals surface area contributed by atoms with E-state index in [0.29, 0.717) is 12.4 Å². The van der Waals surface area contributed by atoms with Crippen LogP contribution in [-0.4, -0.2) is 27.3 Å². The Morgan fingerprint density at radius 3 is 2.35 bits per heavy atom. The van der Waals surface area contributed by atoms with Crippen LogP contribution in [-0.2, 0) is 6.54 Å². The maximum Gasteiger partial charge on any atom is 0.356 e. The lowest BCUT2D eigenvalue weighted by Gasteiger charge is -2.27. The van der Waals surface area contributed by atoms with E-state index in [0.717, 1.165) is 0 Å². The third-order valence-electron chi connectivity index (χ3n) is 2.98. The first kappa shape index (κ1) is 14.0. The summed E-state index contributed by atoms with van der Waals surface area (Å²) in [5, 5.41) is 16.6. The van der Waals surface area contributed by atoms with Crippen molar-refractivity contribution in [2.45, 2.75) is 26.4 Å². The van der Waals surface area contributed by atoms with E-state index in [9.17, 15) is 4.79 Å². The van der Waals surface area contributed by atoms with E-state index in [4.69, 9.17) is 5.11 Å². The number of carboxylic acids is 1. The quantitative estimate of drug-likeness (QED) is 0.905. The number of nitrogens with zero attached hydrogens (tertiary/aromatic N) is 3. The third kappa shape index (κ3) is 3.32. The van der Waals surface area contributed by atoms with Crippen molar-refractivity contribution in [3.8, 4) is 0 Å². The van der Waals surface area contributed by atoms with E-state index in [1.807, 2.05) is 18.2 Å². The Morgan fingerprint density at radius 1 is 1.15 bits per heavy atom. The van der Waals surface area contributed by atoms with E-state index in [2.05, 4.69) is 41.1 Å². The molecule has 2 rings (SSSR count). The number of rotatable bonds is 5. The van der Waals surface area contributed by atoms with E-state index in [1.165, 1.54) is 11.6 Å². The summed E-state index contributed by atoms with van der Waals surface area (Å²) in [5.74, 6) is -0.392. The molecule has 0 aliphatic rings. The minimum atomic E-state index is -1.07. The van der Waals surface area contributed by atoms with Gasteiger partial charge in [0.25, 0.3) is 0 Å². The second-order valence-corrected chi connectivity index (χ2v) is 4.79. The van der Waals surface area contributed by atoms with Crippen LogP contribution in [0, 0.1) is 0 Å². The lowest BCUT2D eigenvalue weighted by atomic mass is 10.2. The molecule has 20 heavy (non-hydrogen) atoms. The number of anilines is 1. The second kappa shape index (κ2) is 6.14. The van der Waals surface area contributed by atoms with Crippen LogP contribution in [0.1, 0.15) is 29.9 Å².